The SMILES string of the molecule is CC(C)c1ccc(CNc2cccc(NC(=O)c3cc(Cl)ccc3O)c2)cc1. The summed E-state index contributed by atoms with van der Waals surface area (Å²) in [5.41, 5.74) is 4.15. The highest BCUT2D eigenvalue weighted by Gasteiger charge is 2.12. The molecule has 1 amide bonds. The summed E-state index contributed by atoms with van der Waals surface area (Å²) in [7, 11) is 0. The van der Waals surface area contributed by atoms with Gasteiger partial charge in [-0.2, -0.15) is 0 Å². The Morgan fingerprint density at radius 3 is 2.43 bits per heavy atom. The summed E-state index contributed by atoms with van der Waals surface area (Å²) in [5.74, 6) is -0.0105. The van der Waals surface area contributed by atoms with Crippen LogP contribution < -0.4 is 10.6 Å². The minimum Gasteiger partial charge on any atom is -0.507 e. The van der Waals surface area contributed by atoms with Gasteiger partial charge in [-0.25, -0.2) is 0 Å². The first-order valence-electron chi connectivity index (χ1n) is 9.15. The van der Waals surface area contributed by atoms with E-state index in [0.717, 1.165) is 5.69 Å². The van der Waals surface area contributed by atoms with Crippen molar-refractivity contribution in [3.8, 4) is 5.75 Å². The molecule has 0 atom stereocenters. The number of anilines is 2. The molecule has 0 radical (unpaired) electrons. The molecule has 0 aliphatic heterocycles. The van der Waals surface area contributed by atoms with E-state index < -0.39 is 5.91 Å². The van der Waals surface area contributed by atoms with Crippen molar-refractivity contribution in [2.45, 2.75) is 26.3 Å². The molecule has 0 saturated carbocycles. The number of rotatable bonds is 6. The molecular formula is C23H23ClN2O2. The van der Waals surface area contributed by atoms with Crippen LogP contribution in [0.25, 0.3) is 0 Å². The summed E-state index contributed by atoms with van der Waals surface area (Å²) in [6, 6.07) is 20.4. The quantitative estimate of drug-likeness (QED) is 0.478. The van der Waals surface area contributed by atoms with Gasteiger partial charge in [-0.1, -0.05) is 55.8 Å². The Kier molecular flexibility index (Phi) is 6.22. The number of halogens is 1. The number of carbonyl (C=O) groups is 1. The first-order valence-corrected chi connectivity index (χ1v) is 9.53. The van der Waals surface area contributed by atoms with Gasteiger partial charge in [0.05, 0.1) is 5.56 Å². The van der Waals surface area contributed by atoms with Crippen LogP contribution in [0.2, 0.25) is 5.02 Å². The van der Waals surface area contributed by atoms with Gasteiger partial charge in [-0.3, -0.25) is 4.79 Å². The van der Waals surface area contributed by atoms with Crippen LogP contribution in [-0.2, 0) is 6.54 Å². The zero-order valence-corrected chi connectivity index (χ0v) is 16.6. The van der Waals surface area contributed by atoms with Gasteiger partial charge in [-0.05, 0) is 53.4 Å². The molecule has 5 heteroatoms. The molecule has 0 spiro atoms. The lowest BCUT2D eigenvalue weighted by Crippen LogP contribution is -2.12. The lowest BCUT2D eigenvalue weighted by molar-refractivity contribution is 0.102. The summed E-state index contributed by atoms with van der Waals surface area (Å²) < 4.78 is 0. The second-order valence-electron chi connectivity index (χ2n) is 6.95. The number of hydrogen-bond acceptors (Lipinski definition) is 3. The van der Waals surface area contributed by atoms with Crippen molar-refractivity contribution in [1.29, 1.82) is 0 Å². The molecule has 4 nitrogen and oxygen atoms in total. The smallest absolute Gasteiger partial charge is 0.259 e. The van der Waals surface area contributed by atoms with Crippen LogP contribution >= 0.6 is 11.6 Å². The molecule has 0 heterocycles. The molecule has 0 aliphatic carbocycles. The molecule has 0 bridgehead atoms. The van der Waals surface area contributed by atoms with Crippen LogP contribution in [0.1, 0.15) is 41.3 Å². The molecule has 0 aromatic heterocycles. The van der Waals surface area contributed by atoms with E-state index in [0.29, 0.717) is 23.2 Å². The van der Waals surface area contributed by atoms with Crippen LogP contribution in [0, 0.1) is 0 Å². The monoisotopic (exact) mass is 394 g/mol. The van der Waals surface area contributed by atoms with E-state index in [9.17, 15) is 9.90 Å². The molecule has 3 aromatic carbocycles. The van der Waals surface area contributed by atoms with Crippen molar-refractivity contribution in [1.82, 2.24) is 0 Å². The lowest BCUT2D eigenvalue weighted by Gasteiger charge is -2.11. The average Bonchev–Trinajstić information content (AvgIpc) is 2.69. The maximum atomic E-state index is 12.4. The summed E-state index contributed by atoms with van der Waals surface area (Å²) in [6.45, 7) is 5.04. The van der Waals surface area contributed by atoms with E-state index in [2.05, 4.69) is 48.7 Å². The second kappa shape index (κ2) is 8.81. The minimum atomic E-state index is -0.415. The third-order valence-electron chi connectivity index (χ3n) is 4.47. The molecule has 0 aliphatic rings. The highest BCUT2D eigenvalue weighted by Crippen LogP contribution is 2.24. The van der Waals surface area contributed by atoms with E-state index in [1.54, 1.807) is 6.07 Å². The van der Waals surface area contributed by atoms with E-state index >= 15 is 0 Å². The predicted octanol–water partition coefficient (Wildman–Crippen LogP) is 6.03. The van der Waals surface area contributed by atoms with Crippen LogP contribution in [0.3, 0.4) is 0 Å². The first kappa shape index (κ1) is 19.8. The molecule has 0 saturated heterocycles. The molecule has 144 valence electrons. The third kappa shape index (κ3) is 5.05. The van der Waals surface area contributed by atoms with Crippen molar-refractivity contribution in [3.63, 3.8) is 0 Å². The van der Waals surface area contributed by atoms with Crippen molar-refractivity contribution in [2.24, 2.45) is 0 Å². The number of benzene rings is 3. The van der Waals surface area contributed by atoms with Gasteiger partial charge in [0.2, 0.25) is 0 Å². The fourth-order valence-electron chi connectivity index (χ4n) is 2.82. The lowest BCUT2D eigenvalue weighted by atomic mass is 10.0. The largest absolute Gasteiger partial charge is 0.507 e. The number of aromatic hydroxyl groups is 1. The summed E-state index contributed by atoms with van der Waals surface area (Å²) in [6.07, 6.45) is 0. The van der Waals surface area contributed by atoms with Crippen LogP contribution in [0.5, 0.6) is 5.75 Å². The number of amides is 1. The fourth-order valence-corrected chi connectivity index (χ4v) is 2.99. The van der Waals surface area contributed by atoms with Gasteiger partial charge >= 0.3 is 0 Å². The molecule has 28 heavy (non-hydrogen) atoms. The first-order chi connectivity index (χ1) is 13.4. The zero-order chi connectivity index (χ0) is 20.1. The Bertz CT molecular complexity index is 969. The molecule has 0 fully saturated rings. The minimum absolute atomic E-state index is 0.110. The number of phenolic OH excluding ortho intramolecular Hbond substituents is 1. The number of hydrogen-bond donors (Lipinski definition) is 3. The van der Waals surface area contributed by atoms with E-state index in [4.69, 9.17) is 11.6 Å². The van der Waals surface area contributed by atoms with Crippen molar-refractivity contribution in [3.05, 3.63) is 88.4 Å². The number of nitrogens with one attached hydrogen (secondary N) is 2. The van der Waals surface area contributed by atoms with E-state index in [1.807, 2.05) is 18.2 Å². The Hall–Kier alpha value is -2.98. The van der Waals surface area contributed by atoms with Crippen molar-refractivity contribution in [2.75, 3.05) is 10.6 Å². The molecule has 3 rings (SSSR count). The van der Waals surface area contributed by atoms with Gasteiger partial charge in [0.25, 0.3) is 5.91 Å². The van der Waals surface area contributed by atoms with Gasteiger partial charge in [-0.15, -0.1) is 0 Å². The van der Waals surface area contributed by atoms with Gasteiger partial charge in [0.1, 0.15) is 5.75 Å². The average molecular weight is 395 g/mol. The highest BCUT2D eigenvalue weighted by atomic mass is 35.5. The highest BCUT2D eigenvalue weighted by molar-refractivity contribution is 6.31. The number of carbonyl (C=O) groups excluding carboxylic acids is 1. The molecule has 0 unspecified atom stereocenters. The molecule has 3 N–H and O–H groups in total. The number of phenols is 1. The summed E-state index contributed by atoms with van der Waals surface area (Å²) in [5, 5.41) is 16.4. The van der Waals surface area contributed by atoms with Crippen LogP contribution in [-0.4, -0.2) is 11.0 Å². The van der Waals surface area contributed by atoms with Crippen LogP contribution in [0.4, 0.5) is 11.4 Å². The standard InChI is InChI=1S/C23H23ClN2O2/c1-15(2)17-8-6-16(7-9-17)14-25-19-4-3-5-20(13-19)26-23(28)21-12-18(24)10-11-22(21)27/h3-13,15,25,27H,14H2,1-2H3,(H,26,28). The summed E-state index contributed by atoms with van der Waals surface area (Å²) in [4.78, 5) is 12.4. The predicted molar refractivity (Wildman–Crippen MR) is 115 cm³/mol. The maximum absolute atomic E-state index is 12.4. The Labute approximate surface area is 170 Å². The van der Waals surface area contributed by atoms with Gasteiger partial charge < -0.3 is 15.7 Å². The Morgan fingerprint density at radius 1 is 1.00 bits per heavy atom. The van der Waals surface area contributed by atoms with Crippen molar-refractivity contribution < 1.29 is 9.90 Å². The molecular weight excluding hydrogens is 372 g/mol. The maximum Gasteiger partial charge on any atom is 0.259 e. The Morgan fingerprint density at radius 2 is 1.71 bits per heavy atom. The third-order valence-corrected chi connectivity index (χ3v) is 4.70. The van der Waals surface area contributed by atoms with Gasteiger partial charge in [0.15, 0.2) is 0 Å². The van der Waals surface area contributed by atoms with E-state index in [1.165, 1.54) is 29.3 Å². The fraction of sp³-hybridized carbons (Fsp3) is 0.174. The van der Waals surface area contributed by atoms with Crippen LogP contribution in [0.15, 0.2) is 66.7 Å². The topological polar surface area (TPSA) is 61.4 Å². The Balaban J connectivity index is 1.65. The molecule has 3 aromatic rings. The zero-order valence-electron chi connectivity index (χ0n) is 15.9. The van der Waals surface area contributed by atoms with E-state index in [-0.39, 0.29) is 11.3 Å². The second-order valence-corrected chi connectivity index (χ2v) is 7.38. The normalized spacial score (nSPS) is 10.7. The summed E-state index contributed by atoms with van der Waals surface area (Å²) >= 11 is 5.91. The van der Waals surface area contributed by atoms with Crippen molar-refractivity contribution >= 4 is 28.9 Å². The van der Waals surface area contributed by atoms with Gasteiger partial charge in [0, 0.05) is 22.9 Å².